The molecule has 1 fully saturated rings. The number of nitrogens with one attached hydrogen (secondary N) is 1. The molecule has 0 spiro atoms. The molecule has 0 aromatic heterocycles. The van der Waals surface area contributed by atoms with E-state index in [0.717, 1.165) is 11.3 Å². The van der Waals surface area contributed by atoms with Crippen LogP contribution in [-0.4, -0.2) is 42.1 Å². The van der Waals surface area contributed by atoms with Crippen LogP contribution in [0.25, 0.3) is 0 Å². The molecule has 1 saturated heterocycles. The van der Waals surface area contributed by atoms with Gasteiger partial charge in [0.1, 0.15) is 5.75 Å². The molecular formula is C12H17NO3. The molecule has 1 heterocycles. The van der Waals surface area contributed by atoms with Crippen molar-refractivity contribution in [2.45, 2.75) is 24.7 Å². The number of hydrogen-bond acceptors (Lipinski definition) is 4. The first-order chi connectivity index (χ1) is 7.70. The number of benzene rings is 1. The van der Waals surface area contributed by atoms with Gasteiger partial charge in [-0.2, -0.15) is 0 Å². The van der Waals surface area contributed by atoms with Crippen molar-refractivity contribution in [3.8, 4) is 5.75 Å². The topological polar surface area (TPSA) is 61.7 Å². The van der Waals surface area contributed by atoms with Crippen LogP contribution in [0.5, 0.6) is 5.75 Å². The fourth-order valence-corrected chi connectivity index (χ4v) is 1.99. The summed E-state index contributed by atoms with van der Waals surface area (Å²) in [6.45, 7) is 0.460. The third-order valence-corrected chi connectivity index (χ3v) is 3.01. The molecule has 0 unspecified atom stereocenters. The lowest BCUT2D eigenvalue weighted by Crippen LogP contribution is -2.34. The summed E-state index contributed by atoms with van der Waals surface area (Å²) in [7, 11) is 1.63. The molecule has 88 valence electrons. The maximum atomic E-state index is 9.68. The lowest BCUT2D eigenvalue weighted by molar-refractivity contribution is 0.0408. The maximum Gasteiger partial charge on any atom is 0.118 e. The van der Waals surface area contributed by atoms with Crippen molar-refractivity contribution in [1.82, 2.24) is 5.32 Å². The van der Waals surface area contributed by atoms with Crippen LogP contribution in [0.3, 0.4) is 0 Å². The van der Waals surface area contributed by atoms with Gasteiger partial charge in [0, 0.05) is 12.6 Å². The molecule has 2 rings (SSSR count). The van der Waals surface area contributed by atoms with Gasteiger partial charge in [-0.1, -0.05) is 12.1 Å². The Kier molecular flexibility index (Phi) is 3.43. The molecule has 1 aliphatic rings. The molecule has 4 nitrogen and oxygen atoms in total. The third-order valence-electron chi connectivity index (χ3n) is 3.01. The Morgan fingerprint density at radius 2 is 2.00 bits per heavy atom. The number of rotatable bonds is 3. The molecule has 1 aliphatic heterocycles. The lowest BCUT2D eigenvalue weighted by atomic mass is 10.0. The van der Waals surface area contributed by atoms with E-state index in [2.05, 4.69) is 5.32 Å². The Morgan fingerprint density at radius 3 is 2.50 bits per heavy atom. The molecule has 0 saturated carbocycles. The summed E-state index contributed by atoms with van der Waals surface area (Å²) in [5.41, 5.74) is 1.12. The zero-order chi connectivity index (χ0) is 11.5. The zero-order valence-corrected chi connectivity index (χ0v) is 9.26. The second-order valence-electron chi connectivity index (χ2n) is 4.12. The summed E-state index contributed by atoms with van der Waals surface area (Å²) >= 11 is 0. The van der Waals surface area contributed by atoms with Crippen LogP contribution in [0.1, 0.15) is 5.56 Å². The Labute approximate surface area is 94.9 Å². The monoisotopic (exact) mass is 223 g/mol. The van der Waals surface area contributed by atoms with E-state index >= 15 is 0 Å². The average Bonchev–Trinajstić information content (AvgIpc) is 2.62. The number of methoxy groups -OCH3 is 1. The highest BCUT2D eigenvalue weighted by Crippen LogP contribution is 2.16. The number of aliphatic hydroxyl groups excluding tert-OH is 2. The van der Waals surface area contributed by atoms with Crippen molar-refractivity contribution in [1.29, 1.82) is 0 Å². The quantitative estimate of drug-likeness (QED) is 0.671. The van der Waals surface area contributed by atoms with Crippen molar-refractivity contribution >= 4 is 0 Å². The normalized spacial score (nSPS) is 29.3. The smallest absolute Gasteiger partial charge is 0.118 e. The largest absolute Gasteiger partial charge is 0.497 e. The SMILES string of the molecule is COc1ccc(C[C@@H]2NC[C@H](O)[C@@H]2O)cc1. The van der Waals surface area contributed by atoms with Crippen molar-refractivity contribution in [2.24, 2.45) is 0 Å². The Bertz CT molecular complexity index is 339. The number of ether oxygens (including phenoxy) is 1. The van der Waals surface area contributed by atoms with Gasteiger partial charge in [-0.3, -0.25) is 0 Å². The van der Waals surface area contributed by atoms with E-state index in [9.17, 15) is 10.2 Å². The second kappa shape index (κ2) is 4.82. The summed E-state index contributed by atoms with van der Waals surface area (Å²) < 4.78 is 5.07. The van der Waals surface area contributed by atoms with Gasteiger partial charge in [0.2, 0.25) is 0 Å². The van der Waals surface area contributed by atoms with Gasteiger partial charge in [-0.15, -0.1) is 0 Å². The molecule has 0 amide bonds. The Balaban J connectivity index is 1.98. The Hall–Kier alpha value is -1.10. The van der Waals surface area contributed by atoms with E-state index in [1.807, 2.05) is 24.3 Å². The van der Waals surface area contributed by atoms with Crippen LogP contribution in [0.15, 0.2) is 24.3 Å². The first-order valence-corrected chi connectivity index (χ1v) is 5.43. The van der Waals surface area contributed by atoms with Crippen LogP contribution in [0.2, 0.25) is 0 Å². The predicted molar refractivity (Wildman–Crippen MR) is 60.5 cm³/mol. The van der Waals surface area contributed by atoms with Crippen LogP contribution in [0, 0.1) is 0 Å². The third kappa shape index (κ3) is 2.35. The number of β-amino-alcohol motifs (C(OH)–C–C–N with tert-alkyl or cyclic N) is 1. The van der Waals surface area contributed by atoms with Gasteiger partial charge in [-0.25, -0.2) is 0 Å². The van der Waals surface area contributed by atoms with Gasteiger partial charge >= 0.3 is 0 Å². The zero-order valence-electron chi connectivity index (χ0n) is 9.26. The molecule has 0 radical (unpaired) electrons. The van der Waals surface area contributed by atoms with E-state index in [4.69, 9.17) is 4.74 Å². The van der Waals surface area contributed by atoms with Crippen LogP contribution in [-0.2, 0) is 6.42 Å². The van der Waals surface area contributed by atoms with Crippen molar-refractivity contribution in [3.63, 3.8) is 0 Å². The van der Waals surface area contributed by atoms with Crippen LogP contribution in [0.4, 0.5) is 0 Å². The predicted octanol–water partition coefficient (Wildman–Crippen LogP) is -0.0687. The maximum absolute atomic E-state index is 9.68. The molecule has 1 aromatic carbocycles. The van der Waals surface area contributed by atoms with Gasteiger partial charge < -0.3 is 20.3 Å². The fraction of sp³-hybridized carbons (Fsp3) is 0.500. The van der Waals surface area contributed by atoms with Crippen molar-refractivity contribution in [2.75, 3.05) is 13.7 Å². The van der Waals surface area contributed by atoms with E-state index < -0.39 is 12.2 Å². The standard InChI is InChI=1S/C12H17NO3/c1-16-9-4-2-8(3-5-9)6-10-12(15)11(14)7-13-10/h2-5,10-15H,6-7H2,1H3/t10-,11-,12+/m0/s1. The average molecular weight is 223 g/mol. The van der Waals surface area contributed by atoms with E-state index in [1.54, 1.807) is 7.11 Å². The van der Waals surface area contributed by atoms with E-state index in [1.165, 1.54) is 0 Å². The Morgan fingerprint density at radius 1 is 1.31 bits per heavy atom. The molecular weight excluding hydrogens is 206 g/mol. The number of aliphatic hydroxyl groups is 2. The highest BCUT2D eigenvalue weighted by atomic mass is 16.5. The van der Waals surface area contributed by atoms with Crippen molar-refractivity contribution in [3.05, 3.63) is 29.8 Å². The molecule has 4 heteroatoms. The van der Waals surface area contributed by atoms with Gasteiger partial charge in [0.15, 0.2) is 0 Å². The summed E-state index contributed by atoms with van der Waals surface area (Å²) in [5, 5.41) is 22.2. The molecule has 1 aromatic rings. The van der Waals surface area contributed by atoms with Crippen LogP contribution < -0.4 is 10.1 Å². The fourth-order valence-electron chi connectivity index (χ4n) is 1.99. The molecule has 0 bridgehead atoms. The van der Waals surface area contributed by atoms with Gasteiger partial charge in [0.05, 0.1) is 19.3 Å². The van der Waals surface area contributed by atoms with Crippen LogP contribution >= 0.6 is 0 Å². The highest BCUT2D eigenvalue weighted by molar-refractivity contribution is 5.28. The highest BCUT2D eigenvalue weighted by Gasteiger charge is 2.32. The summed E-state index contributed by atoms with van der Waals surface area (Å²) in [4.78, 5) is 0. The minimum absolute atomic E-state index is 0.0663. The lowest BCUT2D eigenvalue weighted by Gasteiger charge is -2.16. The second-order valence-corrected chi connectivity index (χ2v) is 4.12. The molecule has 3 N–H and O–H groups in total. The summed E-state index contributed by atoms with van der Waals surface area (Å²) in [6, 6.07) is 7.67. The minimum Gasteiger partial charge on any atom is -0.497 e. The minimum atomic E-state index is -0.679. The molecule has 3 atom stereocenters. The first kappa shape index (κ1) is 11.4. The first-order valence-electron chi connectivity index (χ1n) is 5.43. The molecule has 0 aliphatic carbocycles. The van der Waals surface area contributed by atoms with E-state index in [0.29, 0.717) is 13.0 Å². The molecule has 16 heavy (non-hydrogen) atoms. The van der Waals surface area contributed by atoms with Gasteiger partial charge in [0.25, 0.3) is 0 Å². The summed E-state index contributed by atoms with van der Waals surface area (Å²) in [6.07, 6.45) is -0.618. The summed E-state index contributed by atoms with van der Waals surface area (Å²) in [5.74, 6) is 0.823. The van der Waals surface area contributed by atoms with Crippen molar-refractivity contribution < 1.29 is 14.9 Å². The van der Waals surface area contributed by atoms with Gasteiger partial charge in [-0.05, 0) is 24.1 Å². The number of hydrogen-bond donors (Lipinski definition) is 3. The van der Waals surface area contributed by atoms with E-state index in [-0.39, 0.29) is 6.04 Å².